The lowest BCUT2D eigenvalue weighted by Gasteiger charge is -2.30. The van der Waals surface area contributed by atoms with Gasteiger partial charge in [0.05, 0.1) is 0 Å². The maximum absolute atomic E-state index is 12.5. The molecule has 0 aromatic carbocycles. The summed E-state index contributed by atoms with van der Waals surface area (Å²) < 4.78 is 0. The highest BCUT2D eigenvalue weighted by molar-refractivity contribution is 5.93. The van der Waals surface area contributed by atoms with Gasteiger partial charge in [-0.2, -0.15) is 0 Å². The van der Waals surface area contributed by atoms with Crippen molar-refractivity contribution in [1.82, 2.24) is 14.9 Å². The van der Waals surface area contributed by atoms with Crippen molar-refractivity contribution in [2.24, 2.45) is 5.92 Å². The summed E-state index contributed by atoms with van der Waals surface area (Å²) in [5.74, 6) is 1.41. The van der Waals surface area contributed by atoms with Gasteiger partial charge in [0, 0.05) is 25.2 Å². The Morgan fingerprint density at radius 2 is 2.05 bits per heavy atom. The molecule has 1 aromatic rings. The Hall–Kier alpha value is -1.65. The van der Waals surface area contributed by atoms with Gasteiger partial charge < -0.3 is 10.2 Å². The largest absolute Gasteiger partial charge is 0.367 e. The maximum Gasteiger partial charge on any atom is 0.272 e. The van der Waals surface area contributed by atoms with E-state index in [1.165, 1.54) is 38.4 Å². The van der Waals surface area contributed by atoms with Gasteiger partial charge in [-0.3, -0.25) is 4.79 Å². The zero-order chi connectivity index (χ0) is 14.7. The number of nitrogens with zero attached hydrogens (tertiary/aromatic N) is 3. The number of hydrogen-bond donors (Lipinski definition) is 1. The quantitative estimate of drug-likeness (QED) is 0.929. The van der Waals surface area contributed by atoms with E-state index >= 15 is 0 Å². The fourth-order valence-electron chi connectivity index (χ4n) is 3.37. The lowest BCUT2D eigenvalue weighted by molar-refractivity contribution is 0.0677. The van der Waals surface area contributed by atoms with Crippen LogP contribution in [0.1, 0.15) is 55.9 Å². The molecule has 1 saturated heterocycles. The SMILES string of the molecule is CC1CCCN(C(=O)c2cc(NC3CCCC3)ncn2)C1. The van der Waals surface area contributed by atoms with Crippen LogP contribution in [-0.4, -0.2) is 39.9 Å². The lowest BCUT2D eigenvalue weighted by Crippen LogP contribution is -2.39. The fraction of sp³-hybridized carbons (Fsp3) is 0.688. The van der Waals surface area contributed by atoms with E-state index in [4.69, 9.17) is 0 Å². The number of rotatable bonds is 3. The average molecular weight is 288 g/mol. The minimum Gasteiger partial charge on any atom is -0.367 e. The van der Waals surface area contributed by atoms with Gasteiger partial charge in [0.25, 0.3) is 5.91 Å². The molecule has 3 rings (SSSR count). The monoisotopic (exact) mass is 288 g/mol. The topological polar surface area (TPSA) is 58.1 Å². The molecule has 5 heteroatoms. The van der Waals surface area contributed by atoms with Gasteiger partial charge in [0.15, 0.2) is 0 Å². The molecule has 21 heavy (non-hydrogen) atoms. The van der Waals surface area contributed by atoms with Gasteiger partial charge in [0.1, 0.15) is 17.8 Å². The summed E-state index contributed by atoms with van der Waals surface area (Å²) in [6.07, 6.45) is 8.74. The second kappa shape index (κ2) is 6.41. The predicted octanol–water partition coefficient (Wildman–Crippen LogP) is 2.70. The van der Waals surface area contributed by atoms with E-state index in [9.17, 15) is 4.79 Å². The normalized spacial score (nSPS) is 23.3. The Morgan fingerprint density at radius 1 is 1.24 bits per heavy atom. The van der Waals surface area contributed by atoms with Crippen molar-refractivity contribution >= 4 is 11.7 Å². The smallest absolute Gasteiger partial charge is 0.272 e. The first kappa shape index (κ1) is 14.3. The highest BCUT2D eigenvalue weighted by Gasteiger charge is 2.23. The molecular formula is C16H24N4O. The molecule has 0 bridgehead atoms. The van der Waals surface area contributed by atoms with Crippen molar-refractivity contribution in [2.45, 2.75) is 51.5 Å². The number of anilines is 1. The second-order valence-electron chi connectivity index (χ2n) is 6.41. The van der Waals surface area contributed by atoms with Crippen molar-refractivity contribution in [3.63, 3.8) is 0 Å². The molecule has 0 spiro atoms. The van der Waals surface area contributed by atoms with Crippen LogP contribution in [0.4, 0.5) is 5.82 Å². The molecular weight excluding hydrogens is 264 g/mol. The Kier molecular flexibility index (Phi) is 4.36. The van der Waals surface area contributed by atoms with Crippen LogP contribution in [0.15, 0.2) is 12.4 Å². The number of carbonyl (C=O) groups excluding carboxylic acids is 1. The summed E-state index contributed by atoms with van der Waals surface area (Å²) in [5, 5.41) is 3.43. The minimum absolute atomic E-state index is 0.0402. The Morgan fingerprint density at radius 3 is 2.81 bits per heavy atom. The van der Waals surface area contributed by atoms with E-state index in [1.54, 1.807) is 6.07 Å². The number of carbonyl (C=O) groups is 1. The third-order valence-electron chi connectivity index (χ3n) is 4.54. The number of amides is 1. The molecule has 1 aliphatic carbocycles. The number of piperidine rings is 1. The van der Waals surface area contributed by atoms with E-state index in [0.717, 1.165) is 25.3 Å². The second-order valence-corrected chi connectivity index (χ2v) is 6.41. The van der Waals surface area contributed by atoms with Gasteiger partial charge in [0.2, 0.25) is 0 Å². The predicted molar refractivity (Wildman–Crippen MR) is 82.2 cm³/mol. The van der Waals surface area contributed by atoms with Crippen molar-refractivity contribution in [2.75, 3.05) is 18.4 Å². The molecule has 1 saturated carbocycles. The third kappa shape index (κ3) is 3.52. The van der Waals surface area contributed by atoms with Crippen LogP contribution in [0, 0.1) is 5.92 Å². The number of nitrogens with one attached hydrogen (secondary N) is 1. The van der Waals surface area contributed by atoms with Gasteiger partial charge in [-0.25, -0.2) is 9.97 Å². The van der Waals surface area contributed by atoms with Crippen LogP contribution in [0.25, 0.3) is 0 Å². The van der Waals surface area contributed by atoms with E-state index in [1.807, 2.05) is 4.90 Å². The fourth-order valence-corrected chi connectivity index (χ4v) is 3.37. The number of hydrogen-bond acceptors (Lipinski definition) is 4. The summed E-state index contributed by atoms with van der Waals surface area (Å²) >= 11 is 0. The third-order valence-corrected chi connectivity index (χ3v) is 4.54. The van der Waals surface area contributed by atoms with Crippen molar-refractivity contribution in [1.29, 1.82) is 0 Å². The van der Waals surface area contributed by atoms with Crippen molar-refractivity contribution < 1.29 is 4.79 Å². The molecule has 1 aromatic heterocycles. The van der Waals surface area contributed by atoms with E-state index in [0.29, 0.717) is 17.7 Å². The first-order valence-corrected chi connectivity index (χ1v) is 8.10. The minimum atomic E-state index is 0.0402. The molecule has 2 heterocycles. The molecule has 0 radical (unpaired) electrons. The maximum atomic E-state index is 12.5. The standard InChI is InChI=1S/C16H24N4O/c1-12-5-4-8-20(10-12)16(21)14-9-15(18-11-17-14)19-13-6-2-3-7-13/h9,11-13H,2-8,10H2,1H3,(H,17,18,19). The van der Waals surface area contributed by atoms with Gasteiger partial charge in [-0.1, -0.05) is 19.8 Å². The Bertz CT molecular complexity index is 499. The number of likely N-dealkylation sites (tertiary alicyclic amines) is 1. The van der Waals surface area contributed by atoms with Crippen LogP contribution < -0.4 is 5.32 Å². The molecule has 5 nitrogen and oxygen atoms in total. The first-order chi connectivity index (χ1) is 10.2. The van der Waals surface area contributed by atoms with Crippen molar-refractivity contribution in [3.8, 4) is 0 Å². The van der Waals surface area contributed by atoms with Crippen LogP contribution in [0.3, 0.4) is 0 Å². The summed E-state index contributed by atoms with van der Waals surface area (Å²) in [6.45, 7) is 3.89. The summed E-state index contributed by atoms with van der Waals surface area (Å²) in [6, 6.07) is 2.30. The van der Waals surface area contributed by atoms with Crippen LogP contribution in [0.2, 0.25) is 0 Å². The molecule has 1 aliphatic heterocycles. The van der Waals surface area contributed by atoms with Crippen LogP contribution >= 0.6 is 0 Å². The van der Waals surface area contributed by atoms with E-state index in [2.05, 4.69) is 22.2 Å². The summed E-state index contributed by atoms with van der Waals surface area (Å²) in [5.41, 5.74) is 0.514. The van der Waals surface area contributed by atoms with Crippen LogP contribution in [-0.2, 0) is 0 Å². The highest BCUT2D eigenvalue weighted by Crippen LogP contribution is 2.22. The van der Waals surface area contributed by atoms with E-state index < -0.39 is 0 Å². The lowest BCUT2D eigenvalue weighted by atomic mass is 10.00. The van der Waals surface area contributed by atoms with Crippen molar-refractivity contribution in [3.05, 3.63) is 18.1 Å². The number of aromatic nitrogens is 2. The van der Waals surface area contributed by atoms with Gasteiger partial charge in [-0.15, -0.1) is 0 Å². The van der Waals surface area contributed by atoms with E-state index in [-0.39, 0.29) is 5.91 Å². The molecule has 1 unspecified atom stereocenters. The summed E-state index contributed by atoms with van der Waals surface area (Å²) in [4.78, 5) is 22.9. The van der Waals surface area contributed by atoms with Crippen LogP contribution in [0.5, 0.6) is 0 Å². The Balaban J connectivity index is 1.68. The average Bonchev–Trinajstić information content (AvgIpc) is 3.00. The molecule has 1 amide bonds. The van der Waals surface area contributed by atoms with Gasteiger partial charge in [-0.05, 0) is 31.6 Å². The molecule has 1 atom stereocenters. The highest BCUT2D eigenvalue weighted by atomic mass is 16.2. The summed E-state index contributed by atoms with van der Waals surface area (Å²) in [7, 11) is 0. The molecule has 1 N–H and O–H groups in total. The molecule has 2 aliphatic rings. The zero-order valence-corrected chi connectivity index (χ0v) is 12.7. The van der Waals surface area contributed by atoms with Gasteiger partial charge >= 0.3 is 0 Å². The Labute approximate surface area is 126 Å². The first-order valence-electron chi connectivity index (χ1n) is 8.10. The zero-order valence-electron chi connectivity index (χ0n) is 12.7. The molecule has 114 valence electrons. The molecule has 2 fully saturated rings.